The SMILES string of the molecule is C=CCC[C@@](NC(C)=O)(C(=O)NC(C)(C)C)C1CC(OC(N)=O)C1. The number of amides is 3. The van der Waals surface area contributed by atoms with Crippen LogP contribution in [0.2, 0.25) is 0 Å². The van der Waals surface area contributed by atoms with Crippen molar-refractivity contribution < 1.29 is 19.1 Å². The van der Waals surface area contributed by atoms with Gasteiger partial charge in [0.25, 0.3) is 0 Å². The number of carbonyl (C=O) groups excluding carboxylic acids is 3. The first-order chi connectivity index (χ1) is 11.0. The Labute approximate surface area is 143 Å². The van der Waals surface area contributed by atoms with Gasteiger partial charge in [-0.2, -0.15) is 0 Å². The minimum Gasteiger partial charge on any atom is -0.446 e. The van der Waals surface area contributed by atoms with Crippen molar-refractivity contribution >= 4 is 17.9 Å². The van der Waals surface area contributed by atoms with Crippen LogP contribution in [-0.2, 0) is 14.3 Å². The molecule has 3 amide bonds. The Kier molecular flexibility index (Phi) is 6.40. The fourth-order valence-electron chi connectivity index (χ4n) is 3.05. The zero-order valence-corrected chi connectivity index (χ0v) is 15.0. The first-order valence-corrected chi connectivity index (χ1v) is 8.18. The lowest BCUT2D eigenvalue weighted by molar-refractivity contribution is -0.141. The third kappa shape index (κ3) is 5.25. The van der Waals surface area contributed by atoms with Crippen molar-refractivity contribution in [3.63, 3.8) is 0 Å². The second kappa shape index (κ2) is 7.68. The molecule has 1 aliphatic rings. The molecule has 0 heterocycles. The number of allylic oxidation sites excluding steroid dienone is 1. The van der Waals surface area contributed by atoms with Crippen molar-refractivity contribution in [1.82, 2.24) is 10.6 Å². The standard InChI is InChI=1S/C17H29N3O4/c1-6-7-8-17(19-11(2)21,14(22)20-16(3,4)5)12-9-13(10-12)24-15(18)23/h6,12-13H,1,7-10H2,2-5H3,(H2,18,23)(H,19,21)(H,20,22)/t12?,13?,17-/m0/s1. The molecule has 1 aliphatic carbocycles. The highest BCUT2D eigenvalue weighted by Crippen LogP contribution is 2.41. The predicted octanol–water partition coefficient (Wildman–Crippen LogP) is 1.62. The summed E-state index contributed by atoms with van der Waals surface area (Å²) in [6, 6.07) is 0. The summed E-state index contributed by atoms with van der Waals surface area (Å²) in [5, 5.41) is 5.81. The summed E-state index contributed by atoms with van der Waals surface area (Å²) in [7, 11) is 0. The fraction of sp³-hybridized carbons (Fsp3) is 0.706. The Morgan fingerprint density at radius 3 is 2.25 bits per heavy atom. The Bertz CT molecular complexity index is 506. The zero-order valence-electron chi connectivity index (χ0n) is 15.0. The van der Waals surface area contributed by atoms with Gasteiger partial charge in [0.15, 0.2) is 0 Å². The van der Waals surface area contributed by atoms with Crippen LogP contribution in [0.1, 0.15) is 53.4 Å². The zero-order chi connectivity index (χ0) is 18.5. The van der Waals surface area contributed by atoms with E-state index in [1.165, 1.54) is 6.92 Å². The number of ether oxygens (including phenoxy) is 1. The average molecular weight is 339 g/mol. The first kappa shape index (κ1) is 20.0. The summed E-state index contributed by atoms with van der Waals surface area (Å²) in [5.74, 6) is -0.634. The van der Waals surface area contributed by atoms with Gasteiger partial charge in [-0.15, -0.1) is 6.58 Å². The smallest absolute Gasteiger partial charge is 0.404 e. The highest BCUT2D eigenvalue weighted by molar-refractivity contribution is 5.92. The van der Waals surface area contributed by atoms with Gasteiger partial charge in [0.05, 0.1) is 0 Å². The lowest BCUT2D eigenvalue weighted by Gasteiger charge is -2.48. The van der Waals surface area contributed by atoms with E-state index in [1.807, 2.05) is 20.8 Å². The molecule has 0 bridgehead atoms. The second-order valence-corrected chi connectivity index (χ2v) is 7.41. The first-order valence-electron chi connectivity index (χ1n) is 8.18. The normalized spacial score (nSPS) is 22.5. The van der Waals surface area contributed by atoms with Gasteiger partial charge in [-0.05, 0) is 52.4 Å². The number of hydrogen-bond acceptors (Lipinski definition) is 4. The highest BCUT2D eigenvalue weighted by Gasteiger charge is 2.52. The van der Waals surface area contributed by atoms with Crippen LogP contribution in [-0.4, -0.2) is 35.1 Å². The average Bonchev–Trinajstić information content (AvgIpc) is 2.35. The number of nitrogens with two attached hydrogens (primary N) is 1. The number of nitrogens with one attached hydrogen (secondary N) is 2. The largest absolute Gasteiger partial charge is 0.446 e. The van der Waals surface area contributed by atoms with Gasteiger partial charge in [0.1, 0.15) is 11.6 Å². The van der Waals surface area contributed by atoms with Crippen LogP contribution in [0.4, 0.5) is 4.79 Å². The Morgan fingerprint density at radius 2 is 1.83 bits per heavy atom. The molecule has 0 aromatic rings. The van der Waals surface area contributed by atoms with E-state index in [0.29, 0.717) is 25.7 Å². The third-order valence-corrected chi connectivity index (χ3v) is 4.11. The molecule has 1 atom stereocenters. The Hall–Kier alpha value is -2.05. The number of carbonyl (C=O) groups is 3. The quantitative estimate of drug-likeness (QED) is 0.612. The van der Waals surface area contributed by atoms with Crippen LogP contribution in [0.15, 0.2) is 12.7 Å². The van der Waals surface area contributed by atoms with E-state index in [2.05, 4.69) is 17.2 Å². The van der Waals surface area contributed by atoms with E-state index >= 15 is 0 Å². The van der Waals surface area contributed by atoms with Gasteiger partial charge < -0.3 is 21.1 Å². The topological polar surface area (TPSA) is 111 Å². The van der Waals surface area contributed by atoms with Gasteiger partial charge >= 0.3 is 6.09 Å². The van der Waals surface area contributed by atoms with E-state index < -0.39 is 17.2 Å². The van der Waals surface area contributed by atoms with Crippen LogP contribution < -0.4 is 16.4 Å². The molecule has 0 aliphatic heterocycles. The highest BCUT2D eigenvalue weighted by atomic mass is 16.6. The molecule has 0 aromatic carbocycles. The molecule has 24 heavy (non-hydrogen) atoms. The maximum atomic E-state index is 13.0. The van der Waals surface area contributed by atoms with E-state index in [-0.39, 0.29) is 23.8 Å². The number of primary amides is 1. The molecule has 0 unspecified atom stereocenters. The molecule has 1 fully saturated rings. The molecule has 0 aromatic heterocycles. The van der Waals surface area contributed by atoms with Gasteiger partial charge in [-0.3, -0.25) is 9.59 Å². The molecular weight excluding hydrogens is 310 g/mol. The Morgan fingerprint density at radius 1 is 1.25 bits per heavy atom. The molecule has 7 heteroatoms. The van der Waals surface area contributed by atoms with Gasteiger partial charge in [0.2, 0.25) is 11.8 Å². The van der Waals surface area contributed by atoms with Crippen LogP contribution in [0.25, 0.3) is 0 Å². The molecule has 7 nitrogen and oxygen atoms in total. The predicted molar refractivity (Wildman–Crippen MR) is 91.1 cm³/mol. The molecule has 4 N–H and O–H groups in total. The Balaban J connectivity index is 3.03. The molecule has 1 rings (SSSR count). The molecule has 136 valence electrons. The van der Waals surface area contributed by atoms with Crippen molar-refractivity contribution in [3.05, 3.63) is 12.7 Å². The molecule has 0 radical (unpaired) electrons. The van der Waals surface area contributed by atoms with Crippen LogP contribution in [0, 0.1) is 5.92 Å². The van der Waals surface area contributed by atoms with Gasteiger partial charge in [-0.1, -0.05) is 6.08 Å². The maximum absolute atomic E-state index is 13.0. The summed E-state index contributed by atoms with van der Waals surface area (Å²) < 4.78 is 4.98. The summed E-state index contributed by atoms with van der Waals surface area (Å²) >= 11 is 0. The maximum Gasteiger partial charge on any atom is 0.404 e. The molecule has 0 saturated heterocycles. The van der Waals surface area contributed by atoms with Gasteiger partial charge in [0, 0.05) is 12.5 Å². The van der Waals surface area contributed by atoms with E-state index in [1.54, 1.807) is 6.08 Å². The molecule has 0 spiro atoms. The van der Waals surface area contributed by atoms with Crippen molar-refractivity contribution in [2.24, 2.45) is 11.7 Å². The minimum absolute atomic E-state index is 0.131. The van der Waals surface area contributed by atoms with Crippen LogP contribution in [0.5, 0.6) is 0 Å². The fourth-order valence-corrected chi connectivity index (χ4v) is 3.05. The minimum atomic E-state index is -1.05. The van der Waals surface area contributed by atoms with Crippen molar-refractivity contribution in [3.8, 4) is 0 Å². The lowest BCUT2D eigenvalue weighted by atomic mass is 9.66. The van der Waals surface area contributed by atoms with Crippen molar-refractivity contribution in [2.45, 2.75) is 70.6 Å². The van der Waals surface area contributed by atoms with E-state index in [9.17, 15) is 14.4 Å². The van der Waals surface area contributed by atoms with Crippen LogP contribution in [0.3, 0.4) is 0 Å². The van der Waals surface area contributed by atoms with Crippen molar-refractivity contribution in [1.29, 1.82) is 0 Å². The number of rotatable bonds is 7. The summed E-state index contributed by atoms with van der Waals surface area (Å²) in [6.45, 7) is 10.8. The van der Waals surface area contributed by atoms with Gasteiger partial charge in [-0.25, -0.2) is 4.79 Å². The summed E-state index contributed by atoms with van der Waals surface area (Å²) in [4.78, 5) is 35.6. The molecule has 1 saturated carbocycles. The van der Waals surface area contributed by atoms with Crippen molar-refractivity contribution in [2.75, 3.05) is 0 Å². The summed E-state index contributed by atoms with van der Waals surface area (Å²) in [5.41, 5.74) is 3.56. The third-order valence-electron chi connectivity index (χ3n) is 4.11. The molecular formula is C17H29N3O4. The van der Waals surface area contributed by atoms with Crippen LogP contribution >= 0.6 is 0 Å². The van der Waals surface area contributed by atoms with E-state index in [4.69, 9.17) is 10.5 Å². The lowest BCUT2D eigenvalue weighted by Crippen LogP contribution is -2.67. The monoisotopic (exact) mass is 339 g/mol. The second-order valence-electron chi connectivity index (χ2n) is 7.41. The summed E-state index contributed by atoms with van der Waals surface area (Å²) in [6.07, 6.45) is 2.56. The van der Waals surface area contributed by atoms with E-state index in [0.717, 1.165) is 0 Å². The number of hydrogen-bond donors (Lipinski definition) is 3.